The van der Waals surface area contributed by atoms with E-state index in [0.29, 0.717) is 36.8 Å². The molecule has 1 aromatic rings. The zero-order valence-corrected chi connectivity index (χ0v) is 16.1. The summed E-state index contributed by atoms with van der Waals surface area (Å²) in [5, 5.41) is 2.92. The van der Waals surface area contributed by atoms with Gasteiger partial charge < -0.3 is 19.5 Å². The SMILES string of the molecule is CCOC(=O)c1cc(NC(=O)[C@]2(OCC)CCC[C@@H](C)C2)ccc1OC. The topological polar surface area (TPSA) is 73.9 Å². The Labute approximate surface area is 155 Å². The van der Waals surface area contributed by atoms with Gasteiger partial charge in [-0.25, -0.2) is 4.79 Å². The van der Waals surface area contributed by atoms with E-state index in [2.05, 4.69) is 12.2 Å². The second-order valence-corrected chi connectivity index (χ2v) is 6.72. The molecular weight excluding hydrogens is 334 g/mol. The van der Waals surface area contributed by atoms with Crippen molar-refractivity contribution in [1.29, 1.82) is 0 Å². The van der Waals surface area contributed by atoms with Gasteiger partial charge in [0.05, 0.1) is 13.7 Å². The maximum atomic E-state index is 13.0. The molecule has 0 radical (unpaired) electrons. The number of hydrogen-bond acceptors (Lipinski definition) is 5. The zero-order chi connectivity index (χ0) is 19.2. The molecule has 2 atom stereocenters. The minimum absolute atomic E-state index is 0.161. The molecule has 0 saturated heterocycles. The fourth-order valence-electron chi connectivity index (χ4n) is 3.58. The van der Waals surface area contributed by atoms with Crippen LogP contribution in [0.3, 0.4) is 0 Å². The Morgan fingerprint density at radius 1 is 1.27 bits per heavy atom. The summed E-state index contributed by atoms with van der Waals surface area (Å²) in [5.74, 6) is 0.205. The van der Waals surface area contributed by atoms with Gasteiger partial charge in [0.25, 0.3) is 5.91 Å². The number of benzene rings is 1. The van der Waals surface area contributed by atoms with E-state index in [1.807, 2.05) is 6.92 Å². The second kappa shape index (κ2) is 9.03. The van der Waals surface area contributed by atoms with Gasteiger partial charge in [0.1, 0.15) is 16.9 Å². The lowest BCUT2D eigenvalue weighted by molar-refractivity contribution is -0.147. The molecule has 1 N–H and O–H groups in total. The molecule has 6 nitrogen and oxygen atoms in total. The number of hydrogen-bond donors (Lipinski definition) is 1. The van der Waals surface area contributed by atoms with E-state index in [4.69, 9.17) is 14.2 Å². The highest BCUT2D eigenvalue weighted by Crippen LogP contribution is 2.36. The van der Waals surface area contributed by atoms with Crippen LogP contribution < -0.4 is 10.1 Å². The first-order valence-corrected chi connectivity index (χ1v) is 9.26. The summed E-state index contributed by atoms with van der Waals surface area (Å²) < 4.78 is 16.2. The van der Waals surface area contributed by atoms with Crippen LogP contribution >= 0.6 is 0 Å². The van der Waals surface area contributed by atoms with Crippen molar-refractivity contribution in [3.05, 3.63) is 23.8 Å². The lowest BCUT2D eigenvalue weighted by atomic mass is 9.78. The Morgan fingerprint density at radius 3 is 2.65 bits per heavy atom. The first-order chi connectivity index (χ1) is 12.5. The van der Waals surface area contributed by atoms with Crippen molar-refractivity contribution in [3.63, 3.8) is 0 Å². The minimum atomic E-state index is -0.809. The molecule has 0 aromatic heterocycles. The molecule has 1 aliphatic carbocycles. The van der Waals surface area contributed by atoms with Gasteiger partial charge >= 0.3 is 5.97 Å². The highest BCUT2D eigenvalue weighted by Gasteiger charge is 2.42. The lowest BCUT2D eigenvalue weighted by Gasteiger charge is -2.38. The van der Waals surface area contributed by atoms with E-state index in [1.54, 1.807) is 25.1 Å². The van der Waals surface area contributed by atoms with Crippen LogP contribution in [0.15, 0.2) is 18.2 Å². The first-order valence-electron chi connectivity index (χ1n) is 9.26. The number of rotatable bonds is 7. The van der Waals surface area contributed by atoms with Crippen molar-refractivity contribution < 1.29 is 23.8 Å². The number of nitrogens with one attached hydrogen (secondary N) is 1. The van der Waals surface area contributed by atoms with E-state index in [-0.39, 0.29) is 18.1 Å². The normalized spacial score (nSPS) is 22.5. The van der Waals surface area contributed by atoms with Crippen molar-refractivity contribution >= 4 is 17.6 Å². The van der Waals surface area contributed by atoms with Gasteiger partial charge in [0, 0.05) is 12.3 Å². The molecule has 1 aromatic carbocycles. The van der Waals surface area contributed by atoms with E-state index >= 15 is 0 Å². The molecule has 1 saturated carbocycles. The fraction of sp³-hybridized carbons (Fsp3) is 0.600. The van der Waals surface area contributed by atoms with Crippen LogP contribution in [0.4, 0.5) is 5.69 Å². The third-order valence-corrected chi connectivity index (χ3v) is 4.74. The molecule has 0 heterocycles. The van der Waals surface area contributed by atoms with Crippen molar-refractivity contribution in [3.8, 4) is 5.75 Å². The Kier molecular flexibility index (Phi) is 7.03. The van der Waals surface area contributed by atoms with Crippen LogP contribution in [0.2, 0.25) is 0 Å². The molecule has 0 spiro atoms. The summed E-state index contributed by atoms with van der Waals surface area (Å²) in [6.07, 6.45) is 3.48. The predicted molar refractivity (Wildman–Crippen MR) is 99.6 cm³/mol. The van der Waals surface area contributed by atoms with Gasteiger partial charge in [-0.05, 0) is 57.2 Å². The Bertz CT molecular complexity index is 641. The Hall–Kier alpha value is -2.08. The third-order valence-electron chi connectivity index (χ3n) is 4.74. The molecule has 0 bridgehead atoms. The molecular formula is C20H29NO5. The Morgan fingerprint density at radius 2 is 2.04 bits per heavy atom. The van der Waals surface area contributed by atoms with Crippen molar-refractivity contribution in [1.82, 2.24) is 0 Å². The molecule has 144 valence electrons. The van der Waals surface area contributed by atoms with Crippen LogP contribution in [-0.4, -0.2) is 37.8 Å². The molecule has 0 unspecified atom stereocenters. The van der Waals surface area contributed by atoms with E-state index in [9.17, 15) is 9.59 Å². The van der Waals surface area contributed by atoms with Crippen LogP contribution in [0.1, 0.15) is 56.8 Å². The van der Waals surface area contributed by atoms with Crippen molar-refractivity contribution in [2.45, 2.75) is 52.1 Å². The number of methoxy groups -OCH3 is 1. The highest BCUT2D eigenvalue weighted by molar-refractivity contribution is 5.99. The summed E-state index contributed by atoms with van der Waals surface area (Å²) in [6.45, 7) is 6.54. The van der Waals surface area contributed by atoms with Crippen molar-refractivity contribution in [2.75, 3.05) is 25.6 Å². The number of amides is 1. The van der Waals surface area contributed by atoms with Gasteiger partial charge in [0.2, 0.25) is 0 Å². The van der Waals surface area contributed by atoms with Crippen LogP contribution in [-0.2, 0) is 14.3 Å². The van der Waals surface area contributed by atoms with Gasteiger partial charge in [0.15, 0.2) is 0 Å². The zero-order valence-electron chi connectivity index (χ0n) is 16.1. The van der Waals surface area contributed by atoms with E-state index in [1.165, 1.54) is 7.11 Å². The van der Waals surface area contributed by atoms with Gasteiger partial charge in [-0.1, -0.05) is 13.3 Å². The monoisotopic (exact) mass is 363 g/mol. The maximum Gasteiger partial charge on any atom is 0.341 e. The lowest BCUT2D eigenvalue weighted by Crippen LogP contribution is -2.48. The smallest absolute Gasteiger partial charge is 0.341 e. The first kappa shape index (κ1) is 20.2. The number of carbonyl (C=O) groups is 2. The highest BCUT2D eigenvalue weighted by atomic mass is 16.5. The quantitative estimate of drug-likeness (QED) is 0.746. The van der Waals surface area contributed by atoms with Crippen LogP contribution in [0.5, 0.6) is 5.75 Å². The predicted octanol–water partition coefficient (Wildman–Crippen LogP) is 3.80. The van der Waals surface area contributed by atoms with Gasteiger partial charge in [-0.2, -0.15) is 0 Å². The summed E-state index contributed by atoms with van der Waals surface area (Å²) in [5.41, 5.74) is 0.00182. The van der Waals surface area contributed by atoms with E-state index < -0.39 is 11.6 Å². The summed E-state index contributed by atoms with van der Waals surface area (Å²) >= 11 is 0. The number of carbonyl (C=O) groups excluding carboxylic acids is 2. The molecule has 1 aliphatic rings. The van der Waals surface area contributed by atoms with Crippen LogP contribution in [0.25, 0.3) is 0 Å². The average Bonchev–Trinajstić information content (AvgIpc) is 2.62. The Balaban J connectivity index is 2.24. The molecule has 0 aliphatic heterocycles. The fourth-order valence-corrected chi connectivity index (χ4v) is 3.58. The minimum Gasteiger partial charge on any atom is -0.496 e. The summed E-state index contributed by atoms with van der Waals surface area (Å²) in [4.78, 5) is 25.1. The molecule has 6 heteroatoms. The third kappa shape index (κ3) is 4.55. The number of anilines is 1. The van der Waals surface area contributed by atoms with Crippen molar-refractivity contribution in [2.24, 2.45) is 5.92 Å². The van der Waals surface area contributed by atoms with Gasteiger partial charge in [-0.15, -0.1) is 0 Å². The standard InChI is InChI=1S/C20H29NO5/c1-5-25-18(22)16-12-15(9-10-17(16)24-4)21-19(23)20(26-6-2)11-7-8-14(3)13-20/h9-10,12,14H,5-8,11,13H2,1-4H3,(H,21,23)/t14-,20+/m1/s1. The van der Waals surface area contributed by atoms with Crippen LogP contribution in [0, 0.1) is 5.92 Å². The molecule has 26 heavy (non-hydrogen) atoms. The summed E-state index contributed by atoms with van der Waals surface area (Å²) in [7, 11) is 1.49. The van der Waals surface area contributed by atoms with E-state index in [0.717, 1.165) is 12.8 Å². The average molecular weight is 363 g/mol. The van der Waals surface area contributed by atoms with Gasteiger partial charge in [-0.3, -0.25) is 4.79 Å². The second-order valence-electron chi connectivity index (χ2n) is 6.72. The number of esters is 1. The number of ether oxygens (including phenoxy) is 3. The molecule has 2 rings (SSSR count). The molecule has 1 amide bonds. The summed E-state index contributed by atoms with van der Waals surface area (Å²) in [6, 6.07) is 4.95. The largest absolute Gasteiger partial charge is 0.496 e. The molecule has 1 fully saturated rings. The maximum absolute atomic E-state index is 13.0.